The van der Waals surface area contributed by atoms with E-state index in [2.05, 4.69) is 0 Å². The smallest absolute Gasteiger partial charge is 0.338 e. The maximum atomic E-state index is 13.0. The summed E-state index contributed by atoms with van der Waals surface area (Å²) in [5, 5.41) is 0.830. The molecule has 0 saturated carbocycles. The summed E-state index contributed by atoms with van der Waals surface area (Å²) in [5.41, 5.74) is 1.84. The standard InChI is InChI=1S/C23H23NO4/c1-2-20(16-9-4-3-5-10-16)28-23(26)18-12-8-14-24(18)19-15-22(25)27-21-13-7-6-11-17(19)21/h3-7,9-11,13,15,18,20H,2,8,12,14H2,1H3/t18-,20?/m0/s1. The number of anilines is 1. The summed E-state index contributed by atoms with van der Waals surface area (Å²) in [5.74, 6) is -0.245. The lowest BCUT2D eigenvalue weighted by molar-refractivity contribution is -0.151. The van der Waals surface area contributed by atoms with Crippen LogP contribution in [-0.4, -0.2) is 18.6 Å². The van der Waals surface area contributed by atoms with Gasteiger partial charge in [0.05, 0.1) is 5.69 Å². The average Bonchev–Trinajstić information content (AvgIpc) is 3.21. The Labute approximate surface area is 163 Å². The highest BCUT2D eigenvalue weighted by atomic mass is 16.5. The molecule has 5 nitrogen and oxygen atoms in total. The van der Waals surface area contributed by atoms with Gasteiger partial charge in [-0.1, -0.05) is 49.4 Å². The number of benzene rings is 2. The largest absolute Gasteiger partial charge is 0.456 e. The number of carbonyl (C=O) groups is 1. The van der Waals surface area contributed by atoms with Crippen LogP contribution in [0.15, 0.2) is 69.9 Å². The van der Waals surface area contributed by atoms with Crippen LogP contribution in [-0.2, 0) is 9.53 Å². The van der Waals surface area contributed by atoms with E-state index in [1.807, 2.05) is 60.4 Å². The minimum Gasteiger partial charge on any atom is -0.456 e. The Morgan fingerprint density at radius 1 is 1.18 bits per heavy atom. The van der Waals surface area contributed by atoms with E-state index in [-0.39, 0.29) is 12.1 Å². The van der Waals surface area contributed by atoms with Crippen molar-refractivity contribution >= 4 is 22.6 Å². The van der Waals surface area contributed by atoms with Gasteiger partial charge in [-0.05, 0) is 37.0 Å². The number of hydrogen-bond acceptors (Lipinski definition) is 5. The summed E-state index contributed by atoms with van der Waals surface area (Å²) < 4.78 is 11.2. The number of hydrogen-bond donors (Lipinski definition) is 0. The molecule has 5 heteroatoms. The minimum absolute atomic E-state index is 0.245. The first-order valence-corrected chi connectivity index (χ1v) is 9.72. The van der Waals surface area contributed by atoms with Crippen molar-refractivity contribution in [2.75, 3.05) is 11.4 Å². The molecule has 28 heavy (non-hydrogen) atoms. The Bertz CT molecular complexity index is 1030. The second-order valence-electron chi connectivity index (χ2n) is 7.04. The van der Waals surface area contributed by atoms with E-state index in [0.717, 1.165) is 23.1 Å². The maximum absolute atomic E-state index is 13.0. The topological polar surface area (TPSA) is 59.8 Å². The number of para-hydroxylation sites is 1. The van der Waals surface area contributed by atoms with Crippen LogP contribution in [0.1, 0.15) is 37.9 Å². The van der Waals surface area contributed by atoms with E-state index >= 15 is 0 Å². The summed E-state index contributed by atoms with van der Waals surface area (Å²) in [7, 11) is 0. The number of nitrogens with zero attached hydrogens (tertiary/aromatic N) is 1. The average molecular weight is 377 g/mol. The fourth-order valence-electron chi connectivity index (χ4n) is 3.91. The number of ether oxygens (including phenoxy) is 1. The van der Waals surface area contributed by atoms with E-state index in [4.69, 9.17) is 9.15 Å². The molecule has 1 unspecified atom stereocenters. The molecule has 0 amide bonds. The molecule has 3 aromatic rings. The Hall–Kier alpha value is -3.08. The van der Waals surface area contributed by atoms with Crippen molar-refractivity contribution in [2.24, 2.45) is 0 Å². The van der Waals surface area contributed by atoms with E-state index in [9.17, 15) is 9.59 Å². The third-order valence-electron chi connectivity index (χ3n) is 5.26. The zero-order valence-electron chi connectivity index (χ0n) is 15.8. The normalized spacial score (nSPS) is 17.6. The third-order valence-corrected chi connectivity index (χ3v) is 5.26. The molecule has 1 aromatic heterocycles. The van der Waals surface area contributed by atoms with Crippen LogP contribution in [0.3, 0.4) is 0 Å². The minimum atomic E-state index is -0.413. The van der Waals surface area contributed by atoms with Gasteiger partial charge in [0.1, 0.15) is 17.7 Å². The highest BCUT2D eigenvalue weighted by Crippen LogP contribution is 2.32. The Balaban J connectivity index is 1.62. The van der Waals surface area contributed by atoms with Gasteiger partial charge in [-0.25, -0.2) is 9.59 Å². The van der Waals surface area contributed by atoms with Crippen molar-refractivity contribution in [3.63, 3.8) is 0 Å². The Morgan fingerprint density at radius 3 is 2.71 bits per heavy atom. The van der Waals surface area contributed by atoms with Crippen LogP contribution in [0.2, 0.25) is 0 Å². The predicted molar refractivity (Wildman–Crippen MR) is 108 cm³/mol. The number of carbonyl (C=O) groups excluding carboxylic acids is 1. The van der Waals surface area contributed by atoms with Crippen LogP contribution in [0.4, 0.5) is 5.69 Å². The Morgan fingerprint density at radius 2 is 1.93 bits per heavy atom. The van der Waals surface area contributed by atoms with Crippen LogP contribution in [0, 0.1) is 0 Å². The van der Waals surface area contributed by atoms with Gasteiger partial charge in [0.15, 0.2) is 0 Å². The van der Waals surface area contributed by atoms with Crippen LogP contribution in [0.25, 0.3) is 11.0 Å². The second-order valence-corrected chi connectivity index (χ2v) is 7.04. The van der Waals surface area contributed by atoms with E-state index in [0.29, 0.717) is 25.0 Å². The van der Waals surface area contributed by atoms with Gasteiger partial charge in [-0.3, -0.25) is 0 Å². The Kier molecular flexibility index (Phi) is 5.15. The quantitative estimate of drug-likeness (QED) is 0.485. The SMILES string of the molecule is CCC(OC(=O)[C@@H]1CCCN1c1cc(=O)oc2ccccc12)c1ccccc1. The predicted octanol–water partition coefficient (Wildman–Crippen LogP) is 4.46. The molecule has 1 aliphatic heterocycles. The molecular formula is C23H23NO4. The molecule has 1 aliphatic rings. The monoisotopic (exact) mass is 377 g/mol. The van der Waals surface area contributed by atoms with Crippen molar-refractivity contribution in [1.29, 1.82) is 0 Å². The lowest BCUT2D eigenvalue weighted by Crippen LogP contribution is -2.38. The molecule has 2 heterocycles. The van der Waals surface area contributed by atoms with E-state index < -0.39 is 11.7 Å². The van der Waals surface area contributed by atoms with Crippen molar-refractivity contribution in [3.8, 4) is 0 Å². The number of fused-ring (bicyclic) bond motifs is 1. The molecule has 1 fully saturated rings. The van der Waals surface area contributed by atoms with Crippen LogP contribution < -0.4 is 10.5 Å². The van der Waals surface area contributed by atoms with Gasteiger partial charge < -0.3 is 14.1 Å². The van der Waals surface area contributed by atoms with Crippen molar-refractivity contribution < 1.29 is 13.9 Å². The highest BCUT2D eigenvalue weighted by Gasteiger charge is 2.34. The fraction of sp³-hybridized carbons (Fsp3) is 0.304. The zero-order valence-corrected chi connectivity index (χ0v) is 15.8. The summed E-state index contributed by atoms with van der Waals surface area (Å²) in [6.07, 6.45) is 2.02. The summed E-state index contributed by atoms with van der Waals surface area (Å²) in [4.78, 5) is 27.0. The molecular weight excluding hydrogens is 354 g/mol. The molecule has 2 atom stereocenters. The molecule has 0 N–H and O–H groups in total. The van der Waals surface area contributed by atoms with Gasteiger partial charge >= 0.3 is 11.6 Å². The molecule has 0 radical (unpaired) electrons. The van der Waals surface area contributed by atoms with Gasteiger partial charge in [-0.2, -0.15) is 0 Å². The molecule has 4 rings (SSSR count). The zero-order chi connectivity index (χ0) is 19.5. The lowest BCUT2D eigenvalue weighted by Gasteiger charge is -2.27. The summed E-state index contributed by atoms with van der Waals surface area (Å²) in [6, 6.07) is 18.3. The van der Waals surface area contributed by atoms with E-state index in [1.54, 1.807) is 6.07 Å². The lowest BCUT2D eigenvalue weighted by atomic mass is 10.1. The fourth-order valence-corrected chi connectivity index (χ4v) is 3.91. The maximum Gasteiger partial charge on any atom is 0.338 e. The van der Waals surface area contributed by atoms with Crippen LogP contribution >= 0.6 is 0 Å². The number of esters is 1. The molecule has 144 valence electrons. The van der Waals surface area contributed by atoms with Crippen molar-refractivity contribution in [1.82, 2.24) is 0 Å². The van der Waals surface area contributed by atoms with Gasteiger partial charge in [0, 0.05) is 18.0 Å². The summed E-state index contributed by atoms with van der Waals surface area (Å²) >= 11 is 0. The molecule has 0 aliphatic carbocycles. The van der Waals surface area contributed by atoms with Gasteiger partial charge in [-0.15, -0.1) is 0 Å². The molecule has 1 saturated heterocycles. The molecule has 0 bridgehead atoms. The summed E-state index contributed by atoms with van der Waals surface area (Å²) in [6.45, 7) is 2.71. The second kappa shape index (κ2) is 7.89. The highest BCUT2D eigenvalue weighted by molar-refractivity contribution is 5.93. The molecule has 0 spiro atoms. The van der Waals surface area contributed by atoms with Crippen molar-refractivity contribution in [3.05, 3.63) is 76.6 Å². The first-order chi connectivity index (χ1) is 13.7. The van der Waals surface area contributed by atoms with E-state index in [1.165, 1.54) is 6.07 Å². The first kappa shape index (κ1) is 18.3. The third kappa shape index (κ3) is 3.52. The molecule has 2 aromatic carbocycles. The first-order valence-electron chi connectivity index (χ1n) is 9.72. The van der Waals surface area contributed by atoms with Crippen molar-refractivity contribution in [2.45, 2.75) is 38.3 Å². The van der Waals surface area contributed by atoms with Gasteiger partial charge in [0.2, 0.25) is 0 Å². The van der Waals surface area contributed by atoms with Crippen LogP contribution in [0.5, 0.6) is 0 Å². The van der Waals surface area contributed by atoms with Gasteiger partial charge in [0.25, 0.3) is 0 Å². The number of rotatable bonds is 5.